The molecule has 0 spiro atoms. The van der Waals surface area contributed by atoms with Gasteiger partial charge in [-0.25, -0.2) is 4.79 Å². The number of allylic oxidation sites excluding steroid dienone is 3. The van der Waals surface area contributed by atoms with E-state index >= 15 is 0 Å². The summed E-state index contributed by atoms with van der Waals surface area (Å²) in [6.07, 6.45) is 7.17. The molecule has 2 rings (SSSR count). The third-order valence-electron chi connectivity index (χ3n) is 4.79. The van der Waals surface area contributed by atoms with Crippen LogP contribution in [0.15, 0.2) is 22.8 Å². The predicted octanol–water partition coefficient (Wildman–Crippen LogP) is 4.27. The van der Waals surface area contributed by atoms with Crippen LogP contribution in [-0.2, 0) is 9.53 Å². The highest BCUT2D eigenvalue weighted by Gasteiger charge is 2.36. The minimum absolute atomic E-state index is 0.158. The van der Waals surface area contributed by atoms with Gasteiger partial charge in [0, 0.05) is 5.57 Å². The van der Waals surface area contributed by atoms with E-state index in [9.17, 15) is 4.79 Å². The van der Waals surface area contributed by atoms with E-state index in [-0.39, 0.29) is 5.97 Å². The van der Waals surface area contributed by atoms with Crippen molar-refractivity contribution < 1.29 is 9.53 Å². The summed E-state index contributed by atoms with van der Waals surface area (Å²) in [6.45, 7) is 8.84. The van der Waals surface area contributed by atoms with Crippen LogP contribution in [0.2, 0.25) is 0 Å². The molecule has 3 atom stereocenters. The van der Waals surface area contributed by atoms with Crippen molar-refractivity contribution >= 4 is 5.97 Å². The molecule has 0 amide bonds. The molecule has 0 saturated heterocycles. The van der Waals surface area contributed by atoms with Crippen LogP contribution in [0.3, 0.4) is 0 Å². The molecule has 0 aromatic rings. The Morgan fingerprint density at radius 1 is 1.37 bits per heavy atom. The monoisotopic (exact) mass is 262 g/mol. The summed E-state index contributed by atoms with van der Waals surface area (Å²) >= 11 is 0. The van der Waals surface area contributed by atoms with Crippen molar-refractivity contribution in [3.05, 3.63) is 22.8 Å². The molecular weight excluding hydrogens is 236 g/mol. The molecule has 1 saturated carbocycles. The number of ether oxygens (including phenoxy) is 1. The Kier molecular flexibility index (Phi) is 4.49. The highest BCUT2D eigenvalue weighted by atomic mass is 16.5. The predicted molar refractivity (Wildman–Crippen MR) is 77.7 cm³/mol. The van der Waals surface area contributed by atoms with Crippen LogP contribution in [0.4, 0.5) is 0 Å². The number of carbonyl (C=O) groups excluding carboxylic acids is 1. The normalized spacial score (nSPS) is 31.4. The quantitative estimate of drug-likeness (QED) is 0.431. The third-order valence-corrected chi connectivity index (χ3v) is 4.79. The largest absolute Gasteiger partial charge is 0.463 e. The fourth-order valence-electron chi connectivity index (χ4n) is 3.76. The van der Waals surface area contributed by atoms with Crippen LogP contribution in [0.5, 0.6) is 0 Å². The lowest BCUT2D eigenvalue weighted by Gasteiger charge is -2.34. The van der Waals surface area contributed by atoms with Gasteiger partial charge in [-0.2, -0.15) is 0 Å². The van der Waals surface area contributed by atoms with Gasteiger partial charge in [-0.3, -0.25) is 0 Å². The smallest absolute Gasteiger partial charge is 0.333 e. The van der Waals surface area contributed by atoms with Crippen LogP contribution in [0.25, 0.3) is 0 Å². The zero-order valence-corrected chi connectivity index (χ0v) is 12.7. The van der Waals surface area contributed by atoms with Gasteiger partial charge >= 0.3 is 5.97 Å². The van der Waals surface area contributed by atoms with Crippen LogP contribution < -0.4 is 0 Å². The van der Waals surface area contributed by atoms with Gasteiger partial charge in [0.25, 0.3) is 0 Å². The second-order valence-corrected chi connectivity index (χ2v) is 6.11. The summed E-state index contributed by atoms with van der Waals surface area (Å²) in [5.41, 5.74) is 3.96. The maximum atomic E-state index is 11.7. The van der Waals surface area contributed by atoms with Gasteiger partial charge in [0.05, 0.1) is 6.61 Å². The Morgan fingerprint density at radius 3 is 2.79 bits per heavy atom. The molecule has 2 nitrogen and oxygen atoms in total. The highest BCUT2D eigenvalue weighted by Crippen LogP contribution is 2.48. The fraction of sp³-hybridized carbons (Fsp3) is 0.706. The molecule has 1 fully saturated rings. The molecular formula is C17H26O2. The number of esters is 1. The molecule has 0 aromatic heterocycles. The van der Waals surface area contributed by atoms with Gasteiger partial charge in [-0.05, 0) is 64.2 Å². The van der Waals surface area contributed by atoms with Crippen molar-refractivity contribution in [2.24, 2.45) is 17.8 Å². The molecule has 2 aliphatic rings. The van der Waals surface area contributed by atoms with Gasteiger partial charge in [0.15, 0.2) is 0 Å². The van der Waals surface area contributed by atoms with E-state index in [4.69, 9.17) is 4.74 Å². The summed E-state index contributed by atoms with van der Waals surface area (Å²) in [5.74, 6) is 1.87. The van der Waals surface area contributed by atoms with Crippen molar-refractivity contribution in [2.75, 3.05) is 6.61 Å². The zero-order valence-electron chi connectivity index (χ0n) is 12.7. The maximum Gasteiger partial charge on any atom is 0.333 e. The number of hydrogen-bond acceptors (Lipinski definition) is 2. The van der Waals surface area contributed by atoms with Crippen molar-refractivity contribution in [1.82, 2.24) is 0 Å². The Balaban J connectivity index is 2.18. The van der Waals surface area contributed by atoms with Gasteiger partial charge in [-0.15, -0.1) is 0 Å². The van der Waals surface area contributed by atoms with E-state index in [0.717, 1.165) is 17.4 Å². The standard InChI is InChI=1S/C17H26O2/c1-5-19-17(18)13(4)10-14-8-6-11(2)15-9-7-12(3)16(14)15/h10-11,14-15H,5-9H2,1-4H3/b13-10+/t11?,14-,15+/m0/s1. The first kappa shape index (κ1) is 14.4. The summed E-state index contributed by atoms with van der Waals surface area (Å²) in [5, 5.41) is 0. The van der Waals surface area contributed by atoms with Crippen LogP contribution in [0, 0.1) is 17.8 Å². The number of carbonyl (C=O) groups is 1. The van der Waals surface area contributed by atoms with Gasteiger partial charge in [0.1, 0.15) is 0 Å². The second kappa shape index (κ2) is 5.94. The second-order valence-electron chi connectivity index (χ2n) is 6.11. The first-order valence-corrected chi connectivity index (χ1v) is 7.59. The molecule has 106 valence electrons. The van der Waals surface area contributed by atoms with Gasteiger partial charge < -0.3 is 4.74 Å². The van der Waals surface area contributed by atoms with E-state index in [1.54, 1.807) is 11.1 Å². The van der Waals surface area contributed by atoms with Crippen molar-refractivity contribution in [3.8, 4) is 0 Å². The molecule has 0 heterocycles. The van der Waals surface area contributed by atoms with E-state index in [0.29, 0.717) is 12.5 Å². The molecule has 19 heavy (non-hydrogen) atoms. The zero-order chi connectivity index (χ0) is 14.0. The number of hydrogen-bond donors (Lipinski definition) is 0. The number of rotatable bonds is 3. The summed E-state index contributed by atoms with van der Waals surface area (Å²) in [4.78, 5) is 11.7. The maximum absolute atomic E-state index is 11.7. The summed E-state index contributed by atoms with van der Waals surface area (Å²) in [6, 6.07) is 0. The molecule has 0 aliphatic heterocycles. The minimum Gasteiger partial charge on any atom is -0.463 e. The molecule has 0 radical (unpaired) electrons. The molecule has 0 N–H and O–H groups in total. The van der Waals surface area contributed by atoms with E-state index in [1.807, 2.05) is 13.8 Å². The van der Waals surface area contributed by atoms with Crippen molar-refractivity contribution in [1.29, 1.82) is 0 Å². The Labute approximate surface area is 116 Å². The first-order valence-electron chi connectivity index (χ1n) is 7.59. The molecule has 2 aliphatic carbocycles. The summed E-state index contributed by atoms with van der Waals surface area (Å²) < 4.78 is 5.08. The molecule has 0 bridgehead atoms. The Morgan fingerprint density at radius 2 is 2.11 bits per heavy atom. The fourth-order valence-corrected chi connectivity index (χ4v) is 3.76. The lowest BCUT2D eigenvalue weighted by atomic mass is 9.71. The topological polar surface area (TPSA) is 26.3 Å². The number of fused-ring (bicyclic) bond motifs is 1. The Hall–Kier alpha value is -1.05. The van der Waals surface area contributed by atoms with E-state index in [1.165, 1.54) is 25.7 Å². The molecule has 2 heteroatoms. The third kappa shape index (κ3) is 2.93. The van der Waals surface area contributed by atoms with Crippen molar-refractivity contribution in [3.63, 3.8) is 0 Å². The molecule has 0 aromatic carbocycles. The van der Waals surface area contributed by atoms with Crippen LogP contribution >= 0.6 is 0 Å². The molecule has 1 unspecified atom stereocenters. The van der Waals surface area contributed by atoms with E-state index in [2.05, 4.69) is 19.9 Å². The van der Waals surface area contributed by atoms with Gasteiger partial charge in [-0.1, -0.05) is 24.1 Å². The van der Waals surface area contributed by atoms with Crippen LogP contribution in [0.1, 0.15) is 53.4 Å². The minimum atomic E-state index is -0.158. The van der Waals surface area contributed by atoms with E-state index < -0.39 is 0 Å². The SMILES string of the molecule is CCOC(=O)/C(C)=C/[C@@H]1CCC(C)[C@H]2CCC(C)=C12. The average Bonchev–Trinajstić information content (AvgIpc) is 2.76. The van der Waals surface area contributed by atoms with Crippen LogP contribution in [-0.4, -0.2) is 12.6 Å². The first-order chi connectivity index (χ1) is 9.04. The highest BCUT2D eigenvalue weighted by molar-refractivity contribution is 5.87. The lowest BCUT2D eigenvalue weighted by Crippen LogP contribution is -2.23. The van der Waals surface area contributed by atoms with Crippen molar-refractivity contribution in [2.45, 2.75) is 53.4 Å². The lowest BCUT2D eigenvalue weighted by molar-refractivity contribution is -0.138. The van der Waals surface area contributed by atoms with Gasteiger partial charge in [0.2, 0.25) is 0 Å². The summed E-state index contributed by atoms with van der Waals surface area (Å²) in [7, 11) is 0. The Bertz CT molecular complexity index is 417. The average molecular weight is 262 g/mol.